The van der Waals surface area contributed by atoms with Gasteiger partial charge in [0.15, 0.2) is 0 Å². The van der Waals surface area contributed by atoms with Crippen molar-refractivity contribution in [2.45, 2.75) is 53.1 Å². The number of thioether (sulfide) groups is 1. The molecule has 0 aliphatic carbocycles. The summed E-state index contributed by atoms with van der Waals surface area (Å²) in [7, 11) is 1.62. The summed E-state index contributed by atoms with van der Waals surface area (Å²) in [5.41, 5.74) is 1.91. The molecule has 2 heterocycles. The van der Waals surface area contributed by atoms with Crippen molar-refractivity contribution in [2.24, 2.45) is 0 Å². The third kappa shape index (κ3) is 6.84. The average Bonchev–Trinajstić information content (AvgIpc) is 3.19. The van der Waals surface area contributed by atoms with Crippen LogP contribution in [0.5, 0.6) is 5.75 Å². The zero-order chi connectivity index (χ0) is 27.7. The van der Waals surface area contributed by atoms with E-state index in [2.05, 4.69) is 11.4 Å². The maximum Gasteiger partial charge on any atom is 0.270 e. The standard InChI is InChI=1S/C28H34N4O4S2/c1-5-7-13-31-25(30-18-20-9-11-21(35-4)12-10-20)22(19(3)23(17-29)26(31)33)16-24-27(34)32(28(37)38-24)14-8-15-36-6-2/h9-12,16,30H,5-8,13-15,18H2,1-4H3/b24-16+. The number of hydrogen-bond acceptors (Lipinski definition) is 8. The summed E-state index contributed by atoms with van der Waals surface area (Å²) in [6, 6.07) is 9.73. The Morgan fingerprint density at radius 2 is 1.89 bits per heavy atom. The minimum atomic E-state index is -0.337. The topological polar surface area (TPSA) is 96.6 Å². The van der Waals surface area contributed by atoms with Gasteiger partial charge in [0, 0.05) is 38.4 Å². The first-order valence-corrected chi connectivity index (χ1v) is 14.0. The molecule has 1 aromatic heterocycles. The molecule has 1 N–H and O–H groups in total. The van der Waals surface area contributed by atoms with E-state index >= 15 is 0 Å². The summed E-state index contributed by atoms with van der Waals surface area (Å²) in [5.74, 6) is 1.16. The number of anilines is 1. The minimum absolute atomic E-state index is 0.0783. The molecule has 3 rings (SSSR count). The molecule has 202 valence electrons. The smallest absolute Gasteiger partial charge is 0.270 e. The number of carbonyl (C=O) groups is 1. The molecule has 1 aliphatic heterocycles. The highest BCUT2D eigenvalue weighted by molar-refractivity contribution is 8.26. The van der Waals surface area contributed by atoms with Crippen molar-refractivity contribution in [1.82, 2.24) is 9.47 Å². The molecule has 0 atom stereocenters. The van der Waals surface area contributed by atoms with Crippen molar-refractivity contribution in [3.05, 3.63) is 61.8 Å². The van der Waals surface area contributed by atoms with E-state index in [1.54, 1.807) is 29.6 Å². The summed E-state index contributed by atoms with van der Waals surface area (Å²) < 4.78 is 12.8. The maximum absolute atomic E-state index is 13.3. The highest BCUT2D eigenvalue weighted by atomic mass is 32.2. The molecule has 0 unspecified atom stereocenters. The van der Waals surface area contributed by atoms with Crippen LogP contribution in [0.3, 0.4) is 0 Å². The van der Waals surface area contributed by atoms with Gasteiger partial charge in [-0.05, 0) is 56.0 Å². The van der Waals surface area contributed by atoms with Gasteiger partial charge in [0.05, 0.1) is 12.0 Å². The maximum atomic E-state index is 13.3. The second kappa shape index (κ2) is 14.1. The van der Waals surface area contributed by atoms with E-state index in [9.17, 15) is 14.9 Å². The van der Waals surface area contributed by atoms with Crippen LogP contribution >= 0.6 is 24.0 Å². The number of pyridine rings is 1. The molecule has 2 aromatic rings. The van der Waals surface area contributed by atoms with Crippen LogP contribution in [0.4, 0.5) is 5.82 Å². The predicted octanol–water partition coefficient (Wildman–Crippen LogP) is 5.08. The van der Waals surface area contributed by atoms with Gasteiger partial charge in [0.25, 0.3) is 11.5 Å². The SMILES string of the molecule is CCCCn1c(NCc2ccc(OC)cc2)c(/C=C2/SC(=S)N(CCCOCC)C2=O)c(C)c(C#N)c1=O. The molecule has 0 spiro atoms. The number of methoxy groups -OCH3 is 1. The van der Waals surface area contributed by atoms with E-state index in [0.717, 1.165) is 24.2 Å². The highest BCUT2D eigenvalue weighted by Crippen LogP contribution is 2.35. The first kappa shape index (κ1) is 29.4. The van der Waals surface area contributed by atoms with E-state index in [1.165, 1.54) is 11.8 Å². The predicted molar refractivity (Wildman–Crippen MR) is 156 cm³/mol. The Bertz CT molecular complexity index is 1300. The normalized spacial score (nSPS) is 14.3. The van der Waals surface area contributed by atoms with Crippen molar-refractivity contribution in [3.63, 3.8) is 0 Å². The fourth-order valence-corrected chi connectivity index (χ4v) is 5.40. The summed E-state index contributed by atoms with van der Waals surface area (Å²) in [4.78, 5) is 28.6. The third-order valence-corrected chi connectivity index (χ3v) is 7.63. The van der Waals surface area contributed by atoms with Gasteiger partial charge < -0.3 is 14.8 Å². The summed E-state index contributed by atoms with van der Waals surface area (Å²) in [6.45, 7) is 8.28. The van der Waals surface area contributed by atoms with E-state index in [4.69, 9.17) is 21.7 Å². The fraction of sp³-hybridized carbons (Fsp3) is 0.429. The van der Waals surface area contributed by atoms with Gasteiger partial charge >= 0.3 is 0 Å². The van der Waals surface area contributed by atoms with Crippen LogP contribution in [0.25, 0.3) is 6.08 Å². The van der Waals surface area contributed by atoms with Crippen molar-refractivity contribution in [2.75, 3.05) is 32.2 Å². The number of nitriles is 1. The molecular weight excluding hydrogens is 520 g/mol. The average molecular weight is 555 g/mol. The van der Waals surface area contributed by atoms with Crippen molar-refractivity contribution in [3.8, 4) is 11.8 Å². The first-order chi connectivity index (χ1) is 18.4. The lowest BCUT2D eigenvalue weighted by Gasteiger charge is -2.20. The number of thiocarbonyl (C=S) groups is 1. The molecule has 8 nitrogen and oxygen atoms in total. The number of rotatable bonds is 13. The number of ether oxygens (including phenoxy) is 2. The van der Waals surface area contributed by atoms with Crippen LogP contribution < -0.4 is 15.6 Å². The van der Waals surface area contributed by atoms with E-state index in [1.807, 2.05) is 38.1 Å². The fourth-order valence-electron chi connectivity index (χ4n) is 4.11. The second-order valence-corrected chi connectivity index (χ2v) is 10.4. The van der Waals surface area contributed by atoms with E-state index in [0.29, 0.717) is 65.4 Å². The van der Waals surface area contributed by atoms with E-state index in [-0.39, 0.29) is 17.0 Å². The number of aromatic nitrogens is 1. The van der Waals surface area contributed by atoms with Crippen LogP contribution in [-0.2, 0) is 22.6 Å². The Morgan fingerprint density at radius 1 is 1.16 bits per heavy atom. The molecule has 1 aromatic carbocycles. The Hall–Kier alpha value is -3.13. The Balaban J connectivity index is 2.04. The monoisotopic (exact) mass is 554 g/mol. The summed E-state index contributed by atoms with van der Waals surface area (Å²) >= 11 is 6.73. The lowest BCUT2D eigenvalue weighted by atomic mass is 10.0. The number of amides is 1. The lowest BCUT2D eigenvalue weighted by molar-refractivity contribution is -0.122. The molecule has 38 heavy (non-hydrogen) atoms. The number of hydrogen-bond donors (Lipinski definition) is 1. The van der Waals surface area contributed by atoms with Gasteiger partial charge in [-0.2, -0.15) is 5.26 Å². The number of unbranched alkanes of at least 4 members (excludes halogenated alkanes) is 1. The largest absolute Gasteiger partial charge is 0.497 e. The number of carbonyl (C=O) groups excluding carboxylic acids is 1. The van der Waals surface area contributed by atoms with Crippen molar-refractivity contribution in [1.29, 1.82) is 5.26 Å². The Kier molecular flexibility index (Phi) is 11.0. The van der Waals surface area contributed by atoms with Crippen LogP contribution in [-0.4, -0.2) is 46.6 Å². The Morgan fingerprint density at radius 3 is 2.53 bits per heavy atom. The van der Waals surface area contributed by atoms with Crippen LogP contribution in [0.1, 0.15) is 55.4 Å². The number of nitrogens with one attached hydrogen (secondary N) is 1. The van der Waals surface area contributed by atoms with Crippen molar-refractivity contribution < 1.29 is 14.3 Å². The molecule has 0 bridgehead atoms. The number of nitrogens with zero attached hydrogens (tertiary/aromatic N) is 3. The van der Waals surface area contributed by atoms with Crippen molar-refractivity contribution >= 4 is 46.1 Å². The van der Waals surface area contributed by atoms with Gasteiger partial charge in [0.2, 0.25) is 0 Å². The molecule has 1 aliphatic rings. The van der Waals surface area contributed by atoms with Crippen LogP contribution in [0.2, 0.25) is 0 Å². The molecule has 0 radical (unpaired) electrons. The lowest BCUT2D eigenvalue weighted by Crippen LogP contribution is -2.30. The third-order valence-electron chi connectivity index (χ3n) is 6.25. The van der Waals surface area contributed by atoms with Crippen LogP contribution in [0, 0.1) is 18.3 Å². The quantitative estimate of drug-likeness (QED) is 0.208. The molecule has 1 fully saturated rings. The van der Waals surface area contributed by atoms with Gasteiger partial charge in [-0.1, -0.05) is 49.5 Å². The van der Waals surface area contributed by atoms with Gasteiger partial charge in [-0.25, -0.2) is 0 Å². The molecule has 0 saturated carbocycles. The minimum Gasteiger partial charge on any atom is -0.497 e. The zero-order valence-electron chi connectivity index (χ0n) is 22.3. The number of benzene rings is 1. The first-order valence-electron chi connectivity index (χ1n) is 12.7. The highest BCUT2D eigenvalue weighted by Gasteiger charge is 2.32. The molecule has 10 heteroatoms. The van der Waals surface area contributed by atoms with Gasteiger partial charge in [-0.3, -0.25) is 19.1 Å². The van der Waals surface area contributed by atoms with Gasteiger partial charge in [0.1, 0.15) is 27.5 Å². The summed E-state index contributed by atoms with van der Waals surface area (Å²) in [5, 5.41) is 13.3. The van der Waals surface area contributed by atoms with Crippen LogP contribution in [0.15, 0.2) is 34.0 Å². The van der Waals surface area contributed by atoms with Gasteiger partial charge in [-0.15, -0.1) is 0 Å². The Labute approximate surface area is 233 Å². The molecule has 1 amide bonds. The second-order valence-electron chi connectivity index (χ2n) is 8.77. The molecule has 1 saturated heterocycles. The summed E-state index contributed by atoms with van der Waals surface area (Å²) in [6.07, 6.45) is 4.10. The molecular formula is C28H34N4O4S2. The zero-order valence-corrected chi connectivity index (χ0v) is 24.0. The van der Waals surface area contributed by atoms with E-state index < -0.39 is 0 Å².